The molecule has 116 valence electrons. The number of para-hydroxylation sites is 2. The fraction of sp³-hybridized carbons (Fsp3) is 0.500. The Kier molecular flexibility index (Phi) is 5.10. The molecule has 1 saturated heterocycles. The van der Waals surface area contributed by atoms with Gasteiger partial charge in [-0.1, -0.05) is 12.1 Å². The normalized spacial score (nSPS) is 16.6. The Morgan fingerprint density at radius 2 is 1.95 bits per heavy atom. The number of hydrogen-bond acceptors (Lipinski definition) is 6. The highest BCUT2D eigenvalue weighted by molar-refractivity contribution is 7.92. The van der Waals surface area contributed by atoms with Gasteiger partial charge in [0.1, 0.15) is 5.69 Å². The highest BCUT2D eigenvalue weighted by atomic mass is 32.2. The molecule has 0 unspecified atom stereocenters. The summed E-state index contributed by atoms with van der Waals surface area (Å²) < 4.78 is 31.5. The van der Waals surface area contributed by atoms with Crippen LogP contribution in [0.2, 0.25) is 0 Å². The van der Waals surface area contributed by atoms with Crippen LogP contribution in [0.3, 0.4) is 0 Å². The third-order valence-electron chi connectivity index (χ3n) is 3.15. The molecule has 1 aromatic carbocycles. The molecule has 1 aliphatic heterocycles. The molecule has 0 radical (unpaired) electrons. The number of nitrogens with zero attached hydrogens (tertiary/aromatic N) is 2. The quantitative estimate of drug-likeness (QED) is 0.611. The molecule has 21 heavy (non-hydrogen) atoms. The second kappa shape index (κ2) is 6.83. The van der Waals surface area contributed by atoms with E-state index in [2.05, 4.69) is 4.72 Å². The van der Waals surface area contributed by atoms with Crippen molar-refractivity contribution in [3.05, 3.63) is 34.4 Å². The molecule has 0 bridgehead atoms. The zero-order valence-corrected chi connectivity index (χ0v) is 12.2. The van der Waals surface area contributed by atoms with Crippen molar-refractivity contribution in [2.45, 2.75) is 0 Å². The first-order valence-corrected chi connectivity index (χ1v) is 8.17. The molecule has 1 aliphatic rings. The molecule has 0 saturated carbocycles. The Bertz CT molecular complexity index is 599. The lowest BCUT2D eigenvalue weighted by molar-refractivity contribution is -0.383. The molecule has 1 aromatic rings. The third-order valence-corrected chi connectivity index (χ3v) is 4.40. The van der Waals surface area contributed by atoms with E-state index in [1.165, 1.54) is 18.2 Å². The molecule has 2 rings (SSSR count). The summed E-state index contributed by atoms with van der Waals surface area (Å²) in [6, 6.07) is 5.68. The molecule has 0 spiro atoms. The van der Waals surface area contributed by atoms with Crippen molar-refractivity contribution in [3.63, 3.8) is 0 Å². The molecule has 1 heterocycles. The molecule has 1 N–H and O–H groups in total. The van der Waals surface area contributed by atoms with Gasteiger partial charge in [-0.25, -0.2) is 8.42 Å². The summed E-state index contributed by atoms with van der Waals surface area (Å²) in [6.07, 6.45) is 0. The lowest BCUT2D eigenvalue weighted by atomic mass is 10.3. The van der Waals surface area contributed by atoms with Crippen LogP contribution in [0.25, 0.3) is 0 Å². The highest BCUT2D eigenvalue weighted by Gasteiger charge is 2.20. The summed E-state index contributed by atoms with van der Waals surface area (Å²) in [4.78, 5) is 12.2. The van der Waals surface area contributed by atoms with Gasteiger partial charge in [0.2, 0.25) is 10.0 Å². The van der Waals surface area contributed by atoms with Crippen LogP contribution in [0, 0.1) is 10.1 Å². The minimum Gasteiger partial charge on any atom is -0.379 e. The monoisotopic (exact) mass is 315 g/mol. The maximum atomic E-state index is 12.0. The molecule has 0 aliphatic carbocycles. The fourth-order valence-electron chi connectivity index (χ4n) is 2.01. The van der Waals surface area contributed by atoms with Crippen LogP contribution < -0.4 is 4.72 Å². The molecule has 1 fully saturated rings. The molecule has 0 amide bonds. The minimum absolute atomic E-state index is 0.00974. The lowest BCUT2D eigenvalue weighted by Crippen LogP contribution is -2.39. The minimum atomic E-state index is -3.63. The predicted octanol–water partition coefficient (Wildman–Crippen LogP) is 0.669. The van der Waals surface area contributed by atoms with E-state index in [4.69, 9.17) is 4.74 Å². The van der Waals surface area contributed by atoms with Crippen LogP contribution in [0.15, 0.2) is 24.3 Å². The number of morpholine rings is 1. The maximum absolute atomic E-state index is 12.0. The summed E-state index contributed by atoms with van der Waals surface area (Å²) >= 11 is 0. The summed E-state index contributed by atoms with van der Waals surface area (Å²) in [7, 11) is -3.63. The summed E-state index contributed by atoms with van der Waals surface area (Å²) in [5, 5.41) is 10.9. The number of anilines is 1. The maximum Gasteiger partial charge on any atom is 0.293 e. The standard InChI is InChI=1S/C12H17N3O5S/c16-15(17)12-4-2-1-3-11(12)13-21(18,19)10-7-14-5-8-20-9-6-14/h1-4,13H,5-10H2. The zero-order chi connectivity index (χ0) is 15.3. The van der Waals surface area contributed by atoms with E-state index >= 15 is 0 Å². The Labute approximate surface area is 122 Å². The summed E-state index contributed by atoms with van der Waals surface area (Å²) in [5.41, 5.74) is -0.267. The highest BCUT2D eigenvalue weighted by Crippen LogP contribution is 2.24. The molecule has 0 aromatic heterocycles. The van der Waals surface area contributed by atoms with Crippen LogP contribution in [0.1, 0.15) is 0 Å². The van der Waals surface area contributed by atoms with Gasteiger partial charge in [-0.3, -0.25) is 19.7 Å². The van der Waals surface area contributed by atoms with Crippen LogP contribution in [0.4, 0.5) is 11.4 Å². The lowest BCUT2D eigenvalue weighted by Gasteiger charge is -2.26. The van der Waals surface area contributed by atoms with Crippen molar-refractivity contribution in [2.75, 3.05) is 43.3 Å². The Hall–Kier alpha value is -1.71. The van der Waals surface area contributed by atoms with E-state index in [1.54, 1.807) is 6.07 Å². The number of sulfonamides is 1. The van der Waals surface area contributed by atoms with Crippen molar-refractivity contribution >= 4 is 21.4 Å². The number of rotatable bonds is 6. The van der Waals surface area contributed by atoms with Gasteiger partial charge in [-0.05, 0) is 6.07 Å². The van der Waals surface area contributed by atoms with Crippen LogP contribution in [-0.2, 0) is 14.8 Å². The molecular weight excluding hydrogens is 298 g/mol. The summed E-state index contributed by atoms with van der Waals surface area (Å²) in [5.74, 6) is -0.112. The number of hydrogen-bond donors (Lipinski definition) is 1. The smallest absolute Gasteiger partial charge is 0.293 e. The number of nitro benzene ring substituents is 1. The van der Waals surface area contributed by atoms with E-state index in [0.717, 1.165) is 0 Å². The number of ether oxygens (including phenoxy) is 1. The second-order valence-electron chi connectivity index (χ2n) is 4.65. The average Bonchev–Trinajstić information content (AvgIpc) is 2.46. The SMILES string of the molecule is O=[N+]([O-])c1ccccc1NS(=O)(=O)CCN1CCOCC1. The predicted molar refractivity (Wildman–Crippen MR) is 77.8 cm³/mol. The van der Waals surface area contributed by atoms with Crippen LogP contribution in [0.5, 0.6) is 0 Å². The third kappa shape index (κ3) is 4.66. The van der Waals surface area contributed by atoms with Crippen molar-refractivity contribution in [1.82, 2.24) is 4.90 Å². The largest absolute Gasteiger partial charge is 0.379 e. The van der Waals surface area contributed by atoms with Gasteiger partial charge in [0.15, 0.2) is 0 Å². The molecule has 9 heteroatoms. The van der Waals surface area contributed by atoms with E-state index in [0.29, 0.717) is 32.8 Å². The molecule has 0 atom stereocenters. The number of benzene rings is 1. The topological polar surface area (TPSA) is 102 Å². The van der Waals surface area contributed by atoms with Crippen molar-refractivity contribution in [1.29, 1.82) is 0 Å². The van der Waals surface area contributed by atoms with Crippen molar-refractivity contribution in [3.8, 4) is 0 Å². The zero-order valence-electron chi connectivity index (χ0n) is 11.4. The average molecular weight is 315 g/mol. The molecular formula is C12H17N3O5S. The summed E-state index contributed by atoms with van der Waals surface area (Å²) in [6.45, 7) is 2.95. The van der Waals surface area contributed by atoms with Crippen molar-refractivity contribution < 1.29 is 18.1 Å². The van der Waals surface area contributed by atoms with Gasteiger partial charge in [-0.2, -0.15) is 0 Å². The van der Waals surface area contributed by atoms with Crippen LogP contribution >= 0.6 is 0 Å². The number of nitro groups is 1. The van der Waals surface area contributed by atoms with Gasteiger partial charge in [0.05, 0.1) is 23.9 Å². The molecule has 8 nitrogen and oxygen atoms in total. The Morgan fingerprint density at radius 3 is 2.62 bits per heavy atom. The number of nitrogens with one attached hydrogen (secondary N) is 1. The fourth-order valence-corrected chi connectivity index (χ4v) is 3.12. The first-order chi connectivity index (χ1) is 9.98. The Morgan fingerprint density at radius 1 is 1.29 bits per heavy atom. The van der Waals surface area contributed by atoms with Gasteiger partial charge in [-0.15, -0.1) is 0 Å². The van der Waals surface area contributed by atoms with E-state index < -0.39 is 14.9 Å². The van der Waals surface area contributed by atoms with Gasteiger partial charge in [0, 0.05) is 25.7 Å². The first kappa shape index (κ1) is 15.7. The first-order valence-electron chi connectivity index (χ1n) is 6.52. The second-order valence-corrected chi connectivity index (χ2v) is 6.49. The van der Waals surface area contributed by atoms with E-state index in [1.807, 2.05) is 4.90 Å². The van der Waals surface area contributed by atoms with E-state index in [9.17, 15) is 18.5 Å². The van der Waals surface area contributed by atoms with E-state index in [-0.39, 0.29) is 17.1 Å². The van der Waals surface area contributed by atoms with Gasteiger partial charge in [0.25, 0.3) is 5.69 Å². The van der Waals surface area contributed by atoms with Crippen LogP contribution in [-0.4, -0.2) is 56.8 Å². The van der Waals surface area contributed by atoms with Gasteiger partial charge >= 0.3 is 0 Å². The van der Waals surface area contributed by atoms with Crippen molar-refractivity contribution in [2.24, 2.45) is 0 Å². The van der Waals surface area contributed by atoms with Gasteiger partial charge < -0.3 is 4.74 Å². The Balaban J connectivity index is 1.99.